The largest absolute Gasteiger partial charge is 0.335 e. The number of likely N-dealkylation sites (tertiary alicyclic amines) is 1. The van der Waals surface area contributed by atoms with Crippen molar-refractivity contribution in [3.63, 3.8) is 0 Å². The molecule has 4 heteroatoms. The van der Waals surface area contributed by atoms with Gasteiger partial charge in [-0.1, -0.05) is 43.5 Å². The third kappa shape index (κ3) is 4.52. The summed E-state index contributed by atoms with van der Waals surface area (Å²) < 4.78 is 0. The average molecular weight is 459 g/mol. The van der Waals surface area contributed by atoms with E-state index in [1.54, 1.807) is 0 Å². The number of carbonyl (C=O) groups excluding carboxylic acids is 2. The first-order chi connectivity index (χ1) is 16.5. The molecule has 0 radical (unpaired) electrons. The molecule has 0 bridgehead atoms. The molecular weight excluding hydrogens is 420 g/mol. The Morgan fingerprint density at radius 1 is 0.853 bits per heavy atom. The van der Waals surface area contributed by atoms with Gasteiger partial charge in [-0.25, -0.2) is 0 Å². The number of hydrogen-bond acceptors (Lipinski definition) is 2. The van der Waals surface area contributed by atoms with Crippen LogP contribution in [-0.2, 0) is 17.6 Å². The molecule has 1 saturated heterocycles. The van der Waals surface area contributed by atoms with Crippen LogP contribution in [0, 0.1) is 25.7 Å². The fourth-order valence-electron chi connectivity index (χ4n) is 6.78. The number of anilines is 1. The zero-order chi connectivity index (χ0) is 23.7. The molecule has 1 aliphatic heterocycles. The molecule has 1 N–H and O–H groups in total. The predicted octanol–water partition coefficient (Wildman–Crippen LogP) is 6.23. The normalized spacial score (nSPS) is 22.9. The van der Waals surface area contributed by atoms with Gasteiger partial charge >= 0.3 is 0 Å². The van der Waals surface area contributed by atoms with Crippen LogP contribution in [0.4, 0.5) is 5.69 Å². The van der Waals surface area contributed by atoms with Crippen LogP contribution in [0.15, 0.2) is 36.4 Å². The van der Waals surface area contributed by atoms with Gasteiger partial charge in [-0.3, -0.25) is 9.59 Å². The van der Waals surface area contributed by atoms with Gasteiger partial charge in [0.15, 0.2) is 0 Å². The number of fused-ring (bicyclic) bond motifs is 1. The molecular formula is C30H38N2O2. The van der Waals surface area contributed by atoms with Gasteiger partial charge in [-0.15, -0.1) is 0 Å². The summed E-state index contributed by atoms with van der Waals surface area (Å²) in [6, 6.07) is 12.4. The molecule has 2 amide bonds. The van der Waals surface area contributed by atoms with Gasteiger partial charge < -0.3 is 10.2 Å². The molecule has 3 aliphatic rings. The molecule has 0 aromatic heterocycles. The first kappa shape index (κ1) is 23.1. The van der Waals surface area contributed by atoms with Gasteiger partial charge in [-0.05, 0) is 99.1 Å². The molecule has 2 aliphatic carbocycles. The molecule has 2 aromatic rings. The highest BCUT2D eigenvalue weighted by Gasteiger charge is 2.43. The molecule has 34 heavy (non-hydrogen) atoms. The van der Waals surface area contributed by atoms with Crippen LogP contribution in [0.5, 0.6) is 0 Å². The summed E-state index contributed by atoms with van der Waals surface area (Å²) in [5.74, 6) is 0.449. The van der Waals surface area contributed by atoms with E-state index in [9.17, 15) is 9.59 Å². The summed E-state index contributed by atoms with van der Waals surface area (Å²) in [7, 11) is 0. The Morgan fingerprint density at radius 3 is 2.35 bits per heavy atom. The second kappa shape index (κ2) is 9.93. The second-order valence-corrected chi connectivity index (χ2v) is 10.7. The van der Waals surface area contributed by atoms with Crippen molar-refractivity contribution in [2.75, 3.05) is 11.9 Å². The molecule has 1 saturated carbocycles. The summed E-state index contributed by atoms with van der Waals surface area (Å²) >= 11 is 0. The zero-order valence-electron chi connectivity index (χ0n) is 20.7. The zero-order valence-corrected chi connectivity index (χ0v) is 20.7. The highest BCUT2D eigenvalue weighted by molar-refractivity contribution is 5.99. The Hall–Kier alpha value is -2.62. The minimum absolute atomic E-state index is 0.0185. The van der Waals surface area contributed by atoms with Crippen molar-refractivity contribution >= 4 is 17.5 Å². The molecule has 0 unspecified atom stereocenters. The summed E-state index contributed by atoms with van der Waals surface area (Å²) in [4.78, 5) is 29.7. The smallest absolute Gasteiger partial charge is 0.254 e. The van der Waals surface area contributed by atoms with E-state index in [4.69, 9.17) is 0 Å². The van der Waals surface area contributed by atoms with Crippen LogP contribution >= 0.6 is 0 Å². The van der Waals surface area contributed by atoms with Gasteiger partial charge in [-0.2, -0.15) is 0 Å². The Labute approximate surface area is 204 Å². The van der Waals surface area contributed by atoms with E-state index in [1.807, 2.05) is 32.0 Å². The summed E-state index contributed by atoms with van der Waals surface area (Å²) in [6.45, 7) is 4.80. The maximum Gasteiger partial charge on any atom is 0.254 e. The van der Waals surface area contributed by atoms with Crippen molar-refractivity contribution in [1.82, 2.24) is 4.90 Å². The molecule has 180 valence electrons. The number of hydrogen-bond donors (Lipinski definition) is 1. The van der Waals surface area contributed by atoms with E-state index in [0.29, 0.717) is 5.92 Å². The fourth-order valence-corrected chi connectivity index (χ4v) is 6.78. The molecule has 5 rings (SSSR count). The van der Waals surface area contributed by atoms with E-state index in [-0.39, 0.29) is 23.8 Å². The van der Waals surface area contributed by atoms with Crippen LogP contribution in [0.25, 0.3) is 0 Å². The van der Waals surface area contributed by atoms with Crippen LogP contribution in [0.2, 0.25) is 0 Å². The van der Waals surface area contributed by atoms with Crippen LogP contribution in [-0.4, -0.2) is 29.3 Å². The van der Waals surface area contributed by atoms with Crippen molar-refractivity contribution < 1.29 is 9.59 Å². The summed E-state index contributed by atoms with van der Waals surface area (Å²) in [5, 5.41) is 3.26. The van der Waals surface area contributed by atoms with E-state index in [2.05, 4.69) is 28.4 Å². The lowest BCUT2D eigenvalue weighted by atomic mass is 9.74. The number of benzene rings is 2. The number of nitrogens with zero attached hydrogens (tertiary/aromatic N) is 1. The molecule has 2 fully saturated rings. The molecule has 1 heterocycles. The minimum atomic E-state index is -0.154. The topological polar surface area (TPSA) is 49.4 Å². The quantitative estimate of drug-likeness (QED) is 0.590. The Balaban J connectivity index is 1.43. The second-order valence-electron chi connectivity index (χ2n) is 10.7. The van der Waals surface area contributed by atoms with Crippen molar-refractivity contribution in [3.05, 3.63) is 64.2 Å². The Bertz CT molecular complexity index is 1050. The van der Waals surface area contributed by atoms with E-state index < -0.39 is 0 Å². The average Bonchev–Trinajstić information content (AvgIpc) is 3.32. The van der Waals surface area contributed by atoms with Crippen LogP contribution in [0.3, 0.4) is 0 Å². The maximum absolute atomic E-state index is 13.9. The van der Waals surface area contributed by atoms with E-state index >= 15 is 0 Å². The summed E-state index contributed by atoms with van der Waals surface area (Å²) in [5.41, 5.74) is 6.57. The standard InChI is InChI=1S/C30H38N2O2/c1-20-9-6-10-21(2)27(20)30(34)32-18-8-15-26(28(32)23-11-4-3-5-12-23)29(33)31-25-17-16-22-13-7-14-24(22)19-25/h6,9-10,16-17,19,23,26,28H,3-5,7-8,11-15,18H2,1-2H3,(H,31,33)/t26-,28-/m0/s1. The predicted molar refractivity (Wildman–Crippen MR) is 137 cm³/mol. The van der Waals surface area contributed by atoms with E-state index in [0.717, 1.165) is 67.4 Å². The van der Waals surface area contributed by atoms with Crippen molar-refractivity contribution in [2.24, 2.45) is 11.8 Å². The first-order valence-electron chi connectivity index (χ1n) is 13.3. The molecule has 2 aromatic carbocycles. The Morgan fingerprint density at radius 2 is 1.59 bits per heavy atom. The van der Waals surface area contributed by atoms with Gasteiger partial charge in [0, 0.05) is 23.8 Å². The highest BCUT2D eigenvalue weighted by atomic mass is 16.2. The van der Waals surface area contributed by atoms with Crippen molar-refractivity contribution in [2.45, 2.75) is 84.1 Å². The van der Waals surface area contributed by atoms with Gasteiger partial charge in [0.2, 0.25) is 5.91 Å². The monoisotopic (exact) mass is 458 g/mol. The molecule has 0 spiro atoms. The van der Waals surface area contributed by atoms with Gasteiger partial charge in [0.1, 0.15) is 0 Å². The van der Waals surface area contributed by atoms with Crippen LogP contribution in [0.1, 0.15) is 84.0 Å². The third-order valence-electron chi connectivity index (χ3n) is 8.48. The highest BCUT2D eigenvalue weighted by Crippen LogP contribution is 2.38. The number of nitrogens with one attached hydrogen (secondary N) is 1. The number of amides is 2. The lowest BCUT2D eigenvalue weighted by Gasteiger charge is -2.46. The van der Waals surface area contributed by atoms with Gasteiger partial charge in [0.05, 0.1) is 5.92 Å². The molecule has 4 nitrogen and oxygen atoms in total. The number of rotatable bonds is 4. The number of carbonyl (C=O) groups is 2. The first-order valence-corrected chi connectivity index (χ1v) is 13.3. The third-order valence-corrected chi connectivity index (χ3v) is 8.48. The van der Waals surface area contributed by atoms with Crippen LogP contribution < -0.4 is 5.32 Å². The van der Waals surface area contributed by atoms with Crippen molar-refractivity contribution in [1.29, 1.82) is 0 Å². The SMILES string of the molecule is Cc1cccc(C)c1C(=O)N1CCC[C@H](C(=O)Nc2ccc3c(c2)CCC3)[C@@H]1C1CCCCC1. The number of piperidine rings is 1. The fraction of sp³-hybridized carbons (Fsp3) is 0.533. The minimum Gasteiger partial charge on any atom is -0.335 e. The van der Waals surface area contributed by atoms with Crippen molar-refractivity contribution in [3.8, 4) is 0 Å². The summed E-state index contributed by atoms with van der Waals surface area (Å²) in [6.07, 6.45) is 11.1. The van der Waals surface area contributed by atoms with Gasteiger partial charge in [0.25, 0.3) is 5.91 Å². The lowest BCUT2D eigenvalue weighted by Crippen LogP contribution is -2.55. The Kier molecular flexibility index (Phi) is 6.76. The number of aryl methyl sites for hydroxylation is 4. The maximum atomic E-state index is 13.9. The van der Waals surface area contributed by atoms with E-state index in [1.165, 1.54) is 36.8 Å². The lowest BCUT2D eigenvalue weighted by molar-refractivity contribution is -0.124. The molecule has 2 atom stereocenters.